The van der Waals surface area contributed by atoms with Crippen molar-refractivity contribution in [3.63, 3.8) is 0 Å². The molecule has 3 rings (SSSR count). The molecule has 3 heteroatoms. The number of halogens is 1. The van der Waals surface area contributed by atoms with Crippen molar-refractivity contribution in [2.24, 2.45) is 0 Å². The fourth-order valence-electron chi connectivity index (χ4n) is 2.29. The third-order valence-electron chi connectivity index (χ3n) is 3.17. The van der Waals surface area contributed by atoms with Crippen LogP contribution in [0.2, 0.25) is 0 Å². The Morgan fingerprint density at radius 2 is 1.82 bits per heavy atom. The zero-order valence-electron chi connectivity index (χ0n) is 9.32. The van der Waals surface area contributed by atoms with Gasteiger partial charge in [-0.15, -0.1) is 0 Å². The van der Waals surface area contributed by atoms with E-state index in [4.69, 9.17) is 0 Å². The lowest BCUT2D eigenvalue weighted by atomic mass is 10.1. The Bertz CT molecular complexity index is 594. The molecule has 1 saturated heterocycles. The predicted octanol–water partition coefficient (Wildman–Crippen LogP) is 3.73. The largest absolute Gasteiger partial charge is 0.312 e. The van der Waals surface area contributed by atoms with Crippen LogP contribution in [0.3, 0.4) is 0 Å². The maximum Gasteiger partial charge on any atom is 0.227 e. The van der Waals surface area contributed by atoms with E-state index in [9.17, 15) is 4.79 Å². The highest BCUT2D eigenvalue weighted by Gasteiger charge is 2.21. The second kappa shape index (κ2) is 4.15. The Balaban J connectivity index is 2.07. The molecule has 0 radical (unpaired) electrons. The van der Waals surface area contributed by atoms with Crippen LogP contribution in [-0.2, 0) is 4.79 Å². The van der Waals surface area contributed by atoms with E-state index in [1.807, 2.05) is 17.0 Å². The lowest BCUT2D eigenvalue weighted by Gasteiger charge is -2.16. The first-order valence-electron chi connectivity index (χ1n) is 5.74. The highest BCUT2D eigenvalue weighted by atomic mass is 79.9. The Hall–Kier alpha value is -1.35. The molecule has 1 aliphatic heterocycles. The molecule has 0 spiro atoms. The summed E-state index contributed by atoms with van der Waals surface area (Å²) < 4.78 is 1.08. The minimum atomic E-state index is 0.237. The molecule has 1 heterocycles. The van der Waals surface area contributed by atoms with Gasteiger partial charge in [0.05, 0.1) is 0 Å². The molecule has 2 aromatic rings. The average molecular weight is 290 g/mol. The molecule has 2 aromatic carbocycles. The van der Waals surface area contributed by atoms with Gasteiger partial charge in [0.2, 0.25) is 5.91 Å². The quantitative estimate of drug-likeness (QED) is 0.783. The Morgan fingerprint density at radius 1 is 1.06 bits per heavy atom. The van der Waals surface area contributed by atoms with Crippen molar-refractivity contribution in [2.75, 3.05) is 11.4 Å². The molecule has 2 nitrogen and oxygen atoms in total. The number of amides is 1. The predicted molar refractivity (Wildman–Crippen MR) is 73.2 cm³/mol. The fourth-order valence-corrected chi connectivity index (χ4v) is 2.67. The first kappa shape index (κ1) is 10.8. The van der Waals surface area contributed by atoms with Crippen molar-refractivity contribution in [1.29, 1.82) is 0 Å². The summed E-state index contributed by atoms with van der Waals surface area (Å²) in [5.74, 6) is 0.237. The molecule has 1 amide bonds. The van der Waals surface area contributed by atoms with Crippen molar-refractivity contribution < 1.29 is 4.79 Å². The van der Waals surface area contributed by atoms with Crippen LogP contribution < -0.4 is 4.90 Å². The van der Waals surface area contributed by atoms with E-state index in [-0.39, 0.29) is 5.91 Å². The molecule has 0 unspecified atom stereocenters. The monoisotopic (exact) mass is 289 g/mol. The molecule has 0 aromatic heterocycles. The van der Waals surface area contributed by atoms with Crippen molar-refractivity contribution in [3.8, 4) is 0 Å². The zero-order chi connectivity index (χ0) is 11.8. The first-order valence-corrected chi connectivity index (χ1v) is 6.53. The van der Waals surface area contributed by atoms with Crippen molar-refractivity contribution in [3.05, 3.63) is 40.9 Å². The van der Waals surface area contributed by atoms with Crippen LogP contribution >= 0.6 is 15.9 Å². The molecule has 0 atom stereocenters. The van der Waals surface area contributed by atoms with Crippen molar-refractivity contribution in [1.82, 2.24) is 0 Å². The maximum absolute atomic E-state index is 11.7. The van der Waals surface area contributed by atoms with Gasteiger partial charge in [-0.25, -0.2) is 0 Å². The lowest BCUT2D eigenvalue weighted by molar-refractivity contribution is -0.117. The van der Waals surface area contributed by atoms with Crippen molar-refractivity contribution >= 4 is 38.3 Å². The number of hydrogen-bond acceptors (Lipinski definition) is 1. The summed E-state index contributed by atoms with van der Waals surface area (Å²) in [6.45, 7) is 0.848. The van der Waals surface area contributed by atoms with Gasteiger partial charge in [0.15, 0.2) is 0 Å². The standard InChI is InChI=1S/C14H12BrNO/c15-12-5-3-11-9-13(6-4-10(11)8-12)16-7-1-2-14(16)17/h3-6,8-9H,1-2,7H2. The van der Waals surface area contributed by atoms with E-state index < -0.39 is 0 Å². The van der Waals surface area contributed by atoms with Gasteiger partial charge in [0, 0.05) is 23.1 Å². The summed E-state index contributed by atoms with van der Waals surface area (Å²) in [5.41, 5.74) is 1.02. The van der Waals surface area contributed by atoms with Gasteiger partial charge >= 0.3 is 0 Å². The number of benzene rings is 2. The van der Waals surface area contributed by atoms with Gasteiger partial charge in [-0.05, 0) is 41.5 Å². The summed E-state index contributed by atoms with van der Waals surface area (Å²) in [4.78, 5) is 13.6. The van der Waals surface area contributed by atoms with Gasteiger partial charge in [-0.2, -0.15) is 0 Å². The van der Waals surface area contributed by atoms with E-state index in [1.54, 1.807) is 0 Å². The molecular formula is C14H12BrNO. The average Bonchev–Trinajstić information content (AvgIpc) is 2.75. The summed E-state index contributed by atoms with van der Waals surface area (Å²) in [6.07, 6.45) is 1.65. The molecular weight excluding hydrogens is 278 g/mol. The van der Waals surface area contributed by atoms with Gasteiger partial charge in [0.1, 0.15) is 0 Å². The number of carbonyl (C=O) groups excluding carboxylic acids is 1. The zero-order valence-corrected chi connectivity index (χ0v) is 10.9. The first-order chi connectivity index (χ1) is 8.24. The van der Waals surface area contributed by atoms with Gasteiger partial charge in [0.25, 0.3) is 0 Å². The summed E-state index contributed by atoms with van der Waals surface area (Å²) >= 11 is 3.46. The third-order valence-corrected chi connectivity index (χ3v) is 3.66. The second-order valence-corrected chi connectivity index (χ2v) is 5.24. The minimum absolute atomic E-state index is 0.237. The summed E-state index contributed by atoms with van der Waals surface area (Å²) in [6, 6.07) is 12.4. The van der Waals surface area contributed by atoms with E-state index in [1.165, 1.54) is 10.8 Å². The Morgan fingerprint density at radius 3 is 2.59 bits per heavy atom. The van der Waals surface area contributed by atoms with E-state index >= 15 is 0 Å². The lowest BCUT2D eigenvalue weighted by Crippen LogP contribution is -2.23. The topological polar surface area (TPSA) is 20.3 Å². The van der Waals surface area contributed by atoms with E-state index in [2.05, 4.69) is 40.2 Å². The Kier molecular flexibility index (Phi) is 2.63. The van der Waals surface area contributed by atoms with Crippen LogP contribution in [0.15, 0.2) is 40.9 Å². The molecule has 0 bridgehead atoms. The molecule has 0 saturated carbocycles. The van der Waals surface area contributed by atoms with Crippen LogP contribution in [-0.4, -0.2) is 12.5 Å². The number of nitrogens with zero attached hydrogens (tertiary/aromatic N) is 1. The maximum atomic E-state index is 11.7. The fraction of sp³-hybridized carbons (Fsp3) is 0.214. The Labute approximate surface area is 108 Å². The molecule has 0 N–H and O–H groups in total. The van der Waals surface area contributed by atoms with Gasteiger partial charge in [-0.3, -0.25) is 4.79 Å². The normalized spacial score (nSPS) is 15.8. The van der Waals surface area contributed by atoms with Gasteiger partial charge in [-0.1, -0.05) is 28.1 Å². The molecule has 1 aliphatic rings. The van der Waals surface area contributed by atoms with Crippen LogP contribution in [0.5, 0.6) is 0 Å². The molecule has 17 heavy (non-hydrogen) atoms. The van der Waals surface area contributed by atoms with Crippen LogP contribution in [0.25, 0.3) is 10.8 Å². The highest BCUT2D eigenvalue weighted by molar-refractivity contribution is 9.10. The van der Waals surface area contributed by atoms with Crippen LogP contribution in [0.4, 0.5) is 5.69 Å². The van der Waals surface area contributed by atoms with Crippen LogP contribution in [0, 0.1) is 0 Å². The van der Waals surface area contributed by atoms with E-state index in [0.717, 1.165) is 23.1 Å². The SMILES string of the molecule is O=C1CCCN1c1ccc2cc(Br)ccc2c1. The smallest absolute Gasteiger partial charge is 0.227 e. The summed E-state index contributed by atoms with van der Waals surface area (Å²) in [5, 5.41) is 2.36. The number of hydrogen-bond donors (Lipinski definition) is 0. The number of fused-ring (bicyclic) bond motifs is 1. The van der Waals surface area contributed by atoms with Crippen molar-refractivity contribution in [2.45, 2.75) is 12.8 Å². The van der Waals surface area contributed by atoms with E-state index in [0.29, 0.717) is 6.42 Å². The number of carbonyl (C=O) groups is 1. The minimum Gasteiger partial charge on any atom is -0.312 e. The number of rotatable bonds is 1. The molecule has 1 fully saturated rings. The number of anilines is 1. The summed E-state index contributed by atoms with van der Waals surface area (Å²) in [7, 11) is 0. The van der Waals surface area contributed by atoms with Crippen LogP contribution in [0.1, 0.15) is 12.8 Å². The molecule has 86 valence electrons. The third kappa shape index (κ3) is 1.95. The second-order valence-electron chi connectivity index (χ2n) is 4.32. The van der Waals surface area contributed by atoms with Gasteiger partial charge < -0.3 is 4.90 Å². The molecule has 0 aliphatic carbocycles. The highest BCUT2D eigenvalue weighted by Crippen LogP contribution is 2.27.